The molecule has 2 aromatic rings. The molecule has 0 aliphatic rings. The van der Waals surface area contributed by atoms with Gasteiger partial charge in [0.1, 0.15) is 11.0 Å². The monoisotopic (exact) mass is 412 g/mol. The van der Waals surface area contributed by atoms with Crippen LogP contribution in [0.1, 0.15) is 23.6 Å². The van der Waals surface area contributed by atoms with Gasteiger partial charge in [0.2, 0.25) is 0 Å². The summed E-state index contributed by atoms with van der Waals surface area (Å²) in [6.45, 7) is 3.20. The van der Waals surface area contributed by atoms with E-state index in [2.05, 4.69) is 20.6 Å². The molecule has 0 fully saturated rings. The Morgan fingerprint density at radius 3 is 2.63 bits per heavy atom. The van der Waals surface area contributed by atoms with E-state index in [0.717, 1.165) is 11.8 Å². The Morgan fingerprint density at radius 2 is 2.00 bits per heavy atom. The third-order valence-electron chi connectivity index (χ3n) is 3.58. The van der Waals surface area contributed by atoms with Crippen molar-refractivity contribution in [3.8, 4) is 0 Å². The van der Waals surface area contributed by atoms with Crippen molar-refractivity contribution in [3.05, 3.63) is 64.2 Å². The number of rotatable bonds is 7. The summed E-state index contributed by atoms with van der Waals surface area (Å²) in [6.07, 6.45) is 2.80. The van der Waals surface area contributed by atoms with E-state index in [1.165, 1.54) is 18.2 Å². The van der Waals surface area contributed by atoms with Crippen LogP contribution in [0.3, 0.4) is 0 Å². The molecule has 1 aromatic carbocycles. The van der Waals surface area contributed by atoms with Gasteiger partial charge in [-0.05, 0) is 41.8 Å². The number of sulfone groups is 1. The second-order valence-corrected chi connectivity index (χ2v) is 8.55. The Hall–Kier alpha value is -2.19. The molecular weight excluding hydrogens is 391 g/mol. The van der Waals surface area contributed by atoms with E-state index in [9.17, 15) is 12.8 Å². The van der Waals surface area contributed by atoms with Gasteiger partial charge in [0.25, 0.3) is 0 Å². The summed E-state index contributed by atoms with van der Waals surface area (Å²) in [6, 6.07) is 7.62. The molecule has 27 heavy (non-hydrogen) atoms. The molecule has 0 amide bonds. The Kier molecular flexibility index (Phi) is 7.55. The molecule has 6 nitrogen and oxygen atoms in total. The lowest BCUT2D eigenvalue weighted by Gasteiger charge is -2.14. The molecule has 0 spiro atoms. The number of halogens is 2. The minimum Gasteiger partial charge on any atom is -0.357 e. The third kappa shape index (κ3) is 7.52. The van der Waals surface area contributed by atoms with Crippen LogP contribution in [-0.2, 0) is 28.7 Å². The summed E-state index contributed by atoms with van der Waals surface area (Å²) in [7, 11) is -3.22. The predicted molar refractivity (Wildman–Crippen MR) is 106 cm³/mol. The van der Waals surface area contributed by atoms with Crippen molar-refractivity contribution in [1.82, 2.24) is 15.6 Å². The average Bonchev–Trinajstić information content (AvgIpc) is 2.59. The zero-order valence-corrected chi connectivity index (χ0v) is 16.7. The molecule has 0 radical (unpaired) electrons. The Balaban J connectivity index is 2.12. The molecule has 0 aliphatic heterocycles. The van der Waals surface area contributed by atoms with Gasteiger partial charge in [-0.1, -0.05) is 23.7 Å². The Morgan fingerprint density at radius 1 is 1.22 bits per heavy atom. The number of aromatic nitrogens is 1. The van der Waals surface area contributed by atoms with E-state index in [1.807, 2.05) is 13.0 Å². The van der Waals surface area contributed by atoms with E-state index in [0.29, 0.717) is 35.3 Å². The molecule has 2 rings (SSSR count). The van der Waals surface area contributed by atoms with E-state index in [4.69, 9.17) is 11.6 Å². The highest BCUT2D eigenvalue weighted by atomic mass is 35.5. The Labute approximate surface area is 163 Å². The van der Waals surface area contributed by atoms with Crippen molar-refractivity contribution in [2.45, 2.75) is 25.8 Å². The zero-order valence-electron chi connectivity index (χ0n) is 15.2. The van der Waals surface area contributed by atoms with Gasteiger partial charge < -0.3 is 10.6 Å². The van der Waals surface area contributed by atoms with Crippen LogP contribution in [-0.4, -0.2) is 32.2 Å². The lowest BCUT2D eigenvalue weighted by molar-refractivity contribution is 0.599. The molecule has 0 atom stereocenters. The van der Waals surface area contributed by atoms with Crippen molar-refractivity contribution < 1.29 is 12.8 Å². The summed E-state index contributed by atoms with van der Waals surface area (Å²) in [4.78, 5) is 8.46. The topological polar surface area (TPSA) is 83.4 Å². The fourth-order valence-corrected chi connectivity index (χ4v) is 3.33. The van der Waals surface area contributed by atoms with Gasteiger partial charge in [0.05, 0.1) is 12.3 Å². The minimum absolute atomic E-state index is 0.144. The summed E-state index contributed by atoms with van der Waals surface area (Å²) < 4.78 is 36.8. The number of benzene rings is 1. The SMILES string of the molecule is CCNC(=NCc1ccc(Cl)nc1)NCc1cc(F)ccc1CS(C)(=O)=O. The Bertz CT molecular complexity index is 902. The summed E-state index contributed by atoms with van der Waals surface area (Å²) >= 11 is 5.77. The van der Waals surface area contributed by atoms with Gasteiger partial charge in [-0.15, -0.1) is 0 Å². The molecule has 1 aromatic heterocycles. The van der Waals surface area contributed by atoms with Crippen LogP contribution in [0.25, 0.3) is 0 Å². The zero-order chi connectivity index (χ0) is 19.9. The quantitative estimate of drug-likeness (QED) is 0.415. The number of guanidine groups is 1. The van der Waals surface area contributed by atoms with E-state index < -0.39 is 15.7 Å². The number of nitrogens with zero attached hydrogens (tertiary/aromatic N) is 2. The maximum atomic E-state index is 13.6. The molecule has 0 saturated heterocycles. The van der Waals surface area contributed by atoms with Crippen LogP contribution in [0.2, 0.25) is 5.15 Å². The second-order valence-electron chi connectivity index (χ2n) is 6.02. The summed E-state index contributed by atoms with van der Waals surface area (Å²) in [5.41, 5.74) is 2.02. The molecule has 1 heterocycles. The first kappa shape index (κ1) is 21.1. The number of hydrogen-bond acceptors (Lipinski definition) is 4. The maximum absolute atomic E-state index is 13.6. The van der Waals surface area contributed by atoms with Gasteiger partial charge in [-0.3, -0.25) is 0 Å². The lowest BCUT2D eigenvalue weighted by atomic mass is 10.1. The average molecular weight is 413 g/mol. The van der Waals surface area contributed by atoms with Gasteiger partial charge in [-0.25, -0.2) is 22.8 Å². The summed E-state index contributed by atoms with van der Waals surface area (Å²) in [5, 5.41) is 6.61. The van der Waals surface area contributed by atoms with Gasteiger partial charge in [0.15, 0.2) is 15.8 Å². The largest absolute Gasteiger partial charge is 0.357 e. The third-order valence-corrected chi connectivity index (χ3v) is 4.64. The fourth-order valence-electron chi connectivity index (χ4n) is 2.37. The van der Waals surface area contributed by atoms with Gasteiger partial charge >= 0.3 is 0 Å². The highest BCUT2D eigenvalue weighted by Gasteiger charge is 2.11. The van der Waals surface area contributed by atoms with Crippen molar-refractivity contribution >= 4 is 27.4 Å². The number of pyridine rings is 1. The van der Waals surface area contributed by atoms with Crippen molar-refractivity contribution in [2.24, 2.45) is 4.99 Å². The molecule has 0 saturated carbocycles. The molecule has 9 heteroatoms. The van der Waals surface area contributed by atoms with Gasteiger partial charge in [-0.2, -0.15) is 0 Å². The molecule has 0 aliphatic carbocycles. The lowest BCUT2D eigenvalue weighted by Crippen LogP contribution is -2.37. The summed E-state index contributed by atoms with van der Waals surface area (Å²) in [5.74, 6) is -0.0331. The van der Waals surface area contributed by atoms with Crippen LogP contribution in [0.15, 0.2) is 41.5 Å². The van der Waals surface area contributed by atoms with Crippen molar-refractivity contribution in [3.63, 3.8) is 0 Å². The van der Waals surface area contributed by atoms with Crippen LogP contribution in [0.5, 0.6) is 0 Å². The van der Waals surface area contributed by atoms with Crippen LogP contribution in [0.4, 0.5) is 4.39 Å². The molecule has 2 N–H and O–H groups in total. The van der Waals surface area contributed by atoms with Crippen LogP contribution >= 0.6 is 11.6 Å². The number of aliphatic imine (C=N–C) groups is 1. The van der Waals surface area contributed by atoms with Gasteiger partial charge in [0, 0.05) is 25.5 Å². The van der Waals surface area contributed by atoms with Crippen molar-refractivity contribution in [2.75, 3.05) is 12.8 Å². The highest BCUT2D eigenvalue weighted by Crippen LogP contribution is 2.14. The molecular formula is C18H22ClFN4O2S. The van der Waals surface area contributed by atoms with Crippen LogP contribution < -0.4 is 10.6 Å². The number of nitrogens with one attached hydrogen (secondary N) is 2. The first-order valence-electron chi connectivity index (χ1n) is 8.34. The predicted octanol–water partition coefficient (Wildman–Crippen LogP) is 2.67. The first-order chi connectivity index (χ1) is 12.8. The number of hydrogen-bond donors (Lipinski definition) is 2. The first-order valence-corrected chi connectivity index (χ1v) is 10.8. The highest BCUT2D eigenvalue weighted by molar-refractivity contribution is 7.89. The van der Waals surface area contributed by atoms with E-state index >= 15 is 0 Å². The molecule has 0 bridgehead atoms. The van der Waals surface area contributed by atoms with E-state index in [-0.39, 0.29) is 12.3 Å². The normalized spacial score (nSPS) is 12.1. The fraction of sp³-hybridized carbons (Fsp3) is 0.333. The minimum atomic E-state index is -3.22. The smallest absolute Gasteiger partial charge is 0.191 e. The molecule has 0 unspecified atom stereocenters. The molecule has 146 valence electrons. The van der Waals surface area contributed by atoms with Crippen molar-refractivity contribution in [1.29, 1.82) is 0 Å². The maximum Gasteiger partial charge on any atom is 0.191 e. The second kappa shape index (κ2) is 9.66. The van der Waals surface area contributed by atoms with Crippen LogP contribution in [0, 0.1) is 5.82 Å². The van der Waals surface area contributed by atoms with E-state index in [1.54, 1.807) is 12.3 Å². The standard InChI is InChI=1S/C18H22ClFN4O2S/c1-3-21-18(23-10-13-4-7-17(19)22-9-13)24-11-15-8-16(20)6-5-14(15)12-27(2,25)26/h4-9H,3,10-12H2,1-2H3,(H2,21,23,24).